The Balaban J connectivity index is 1.47. The molecule has 172 valence electrons. The average Bonchev–Trinajstić information content (AvgIpc) is 3.04. The highest BCUT2D eigenvalue weighted by Crippen LogP contribution is 2.85. The maximum Gasteiger partial charge on any atom is 0.303 e. The van der Waals surface area contributed by atoms with Gasteiger partial charge >= 0.3 is 17.9 Å². The quantitative estimate of drug-likeness (QED) is 0.490. The van der Waals surface area contributed by atoms with Gasteiger partial charge in [0.05, 0.1) is 6.61 Å². The van der Waals surface area contributed by atoms with Gasteiger partial charge in [0.25, 0.3) is 0 Å². The van der Waals surface area contributed by atoms with Crippen LogP contribution in [0.4, 0.5) is 0 Å². The molecule has 6 atom stereocenters. The van der Waals surface area contributed by atoms with Gasteiger partial charge in [-0.05, 0) is 67.6 Å². The second-order valence-corrected chi connectivity index (χ2v) is 11.9. The average molecular weight is 433 g/mol. The summed E-state index contributed by atoms with van der Waals surface area (Å²) < 4.78 is 17.5. The molecule has 0 N–H and O–H groups in total. The van der Waals surface area contributed by atoms with Gasteiger partial charge in [0.2, 0.25) is 0 Å². The van der Waals surface area contributed by atoms with Gasteiger partial charge in [0, 0.05) is 32.1 Å². The van der Waals surface area contributed by atoms with E-state index in [1.54, 1.807) is 0 Å². The van der Waals surface area contributed by atoms with Crippen LogP contribution in [0.15, 0.2) is 0 Å². The lowest BCUT2D eigenvalue weighted by molar-refractivity contribution is -0.193. The minimum atomic E-state index is -0.611. The van der Waals surface area contributed by atoms with Crippen molar-refractivity contribution in [3.63, 3.8) is 0 Å². The van der Waals surface area contributed by atoms with Crippen molar-refractivity contribution in [3.05, 3.63) is 0 Å². The number of esters is 3. The number of carbonyl (C=O) groups excluding carboxylic acids is 3. The third-order valence-electron chi connectivity index (χ3n) is 10.3. The van der Waals surface area contributed by atoms with Gasteiger partial charge in [-0.15, -0.1) is 0 Å². The van der Waals surface area contributed by atoms with E-state index in [0.29, 0.717) is 18.4 Å². The van der Waals surface area contributed by atoms with Gasteiger partial charge in [-0.1, -0.05) is 20.3 Å². The van der Waals surface area contributed by atoms with Crippen molar-refractivity contribution in [1.82, 2.24) is 0 Å². The predicted molar refractivity (Wildman–Crippen MR) is 112 cm³/mol. The van der Waals surface area contributed by atoms with Crippen LogP contribution in [0.5, 0.6) is 0 Å². The van der Waals surface area contributed by atoms with Crippen LogP contribution in [0.25, 0.3) is 0 Å². The van der Waals surface area contributed by atoms with Gasteiger partial charge in [-0.25, -0.2) is 0 Å². The Morgan fingerprint density at radius 1 is 0.806 bits per heavy atom. The van der Waals surface area contributed by atoms with Crippen molar-refractivity contribution in [2.75, 3.05) is 6.61 Å². The maximum atomic E-state index is 12.0. The minimum Gasteiger partial charge on any atom is -0.465 e. The van der Waals surface area contributed by atoms with E-state index in [9.17, 15) is 14.4 Å². The molecular formula is C25H36O6. The lowest BCUT2D eigenvalue weighted by atomic mass is 9.39. The van der Waals surface area contributed by atoms with E-state index in [2.05, 4.69) is 13.8 Å². The zero-order valence-electron chi connectivity index (χ0n) is 19.5. The molecule has 6 heteroatoms. The van der Waals surface area contributed by atoms with Crippen LogP contribution in [0.1, 0.15) is 86.0 Å². The molecule has 6 nitrogen and oxygen atoms in total. The molecular weight excluding hydrogens is 396 g/mol. The summed E-state index contributed by atoms with van der Waals surface area (Å²) in [6, 6.07) is 0. The molecule has 6 fully saturated rings. The van der Waals surface area contributed by atoms with Crippen LogP contribution in [0, 0.1) is 34.0 Å². The van der Waals surface area contributed by atoms with Crippen LogP contribution in [-0.4, -0.2) is 35.7 Å². The van der Waals surface area contributed by atoms with Crippen LogP contribution in [0.2, 0.25) is 0 Å². The van der Waals surface area contributed by atoms with Crippen LogP contribution in [-0.2, 0) is 28.6 Å². The summed E-state index contributed by atoms with van der Waals surface area (Å²) in [7, 11) is 0. The fraction of sp³-hybridized carbons (Fsp3) is 0.880. The molecule has 6 rings (SSSR count). The first kappa shape index (κ1) is 21.3. The Morgan fingerprint density at radius 3 is 1.97 bits per heavy atom. The first-order valence-corrected chi connectivity index (χ1v) is 12.0. The van der Waals surface area contributed by atoms with Crippen molar-refractivity contribution >= 4 is 17.9 Å². The number of ether oxygens (including phenoxy) is 3. The Morgan fingerprint density at radius 2 is 1.42 bits per heavy atom. The third-order valence-corrected chi connectivity index (χ3v) is 10.3. The fourth-order valence-corrected chi connectivity index (χ4v) is 9.60. The summed E-state index contributed by atoms with van der Waals surface area (Å²) in [6.07, 6.45) is 8.18. The summed E-state index contributed by atoms with van der Waals surface area (Å²) >= 11 is 0. The minimum absolute atomic E-state index is 0.00493. The summed E-state index contributed by atoms with van der Waals surface area (Å²) in [5.74, 6) is 0.384. The van der Waals surface area contributed by atoms with E-state index in [4.69, 9.17) is 14.2 Å². The molecule has 0 aromatic rings. The van der Waals surface area contributed by atoms with Gasteiger partial charge in [-0.3, -0.25) is 14.4 Å². The molecule has 31 heavy (non-hydrogen) atoms. The van der Waals surface area contributed by atoms with Crippen LogP contribution >= 0.6 is 0 Å². The monoisotopic (exact) mass is 432 g/mol. The van der Waals surface area contributed by atoms with Crippen molar-refractivity contribution in [3.8, 4) is 0 Å². The van der Waals surface area contributed by atoms with Crippen molar-refractivity contribution in [2.24, 2.45) is 34.0 Å². The maximum absolute atomic E-state index is 12.0. The molecule has 6 aliphatic carbocycles. The highest BCUT2D eigenvalue weighted by Gasteiger charge is 2.93. The molecule has 0 aromatic carbocycles. The van der Waals surface area contributed by atoms with E-state index in [-0.39, 0.29) is 40.1 Å². The first-order valence-electron chi connectivity index (χ1n) is 12.0. The fourth-order valence-electron chi connectivity index (χ4n) is 9.60. The van der Waals surface area contributed by atoms with Crippen LogP contribution in [0.3, 0.4) is 0 Å². The number of hydrogen-bond acceptors (Lipinski definition) is 6. The molecule has 0 saturated heterocycles. The largest absolute Gasteiger partial charge is 0.465 e. The topological polar surface area (TPSA) is 78.9 Å². The van der Waals surface area contributed by atoms with Gasteiger partial charge in [0.15, 0.2) is 11.2 Å². The van der Waals surface area contributed by atoms with Crippen molar-refractivity contribution in [1.29, 1.82) is 0 Å². The standard InChI is InChI=1S/C25H36O6/c1-15(26)29-14-21(4)8-6-9-22(5)18(21)7-10-23-12-24(30-16(2)27)20(11-19(22)23)25(24,13-23)31-17(3)28/h18-20H,6-14H2,1-5H3/t18-,19?,20?,21?,22?,23?,24?,25?/m1/s1. The Kier molecular flexibility index (Phi) is 4.29. The number of hydrogen-bond donors (Lipinski definition) is 0. The molecule has 1 spiro atoms. The summed E-state index contributed by atoms with van der Waals surface area (Å²) in [6.45, 7) is 9.69. The second-order valence-electron chi connectivity index (χ2n) is 11.9. The highest BCUT2D eigenvalue weighted by molar-refractivity contribution is 5.71. The number of carbonyl (C=O) groups is 3. The molecule has 5 unspecified atom stereocenters. The Bertz CT molecular complexity index is 819. The van der Waals surface area contributed by atoms with Gasteiger partial charge in [-0.2, -0.15) is 0 Å². The van der Waals surface area contributed by atoms with Gasteiger partial charge in [0.1, 0.15) is 0 Å². The smallest absolute Gasteiger partial charge is 0.303 e. The highest BCUT2D eigenvalue weighted by atomic mass is 16.6. The lowest BCUT2D eigenvalue weighted by Gasteiger charge is -2.65. The van der Waals surface area contributed by atoms with E-state index in [1.807, 2.05) is 0 Å². The van der Waals surface area contributed by atoms with Crippen molar-refractivity contribution in [2.45, 2.75) is 97.2 Å². The predicted octanol–water partition coefficient (Wildman–Crippen LogP) is 4.19. The Hall–Kier alpha value is -1.59. The lowest BCUT2D eigenvalue weighted by Crippen LogP contribution is -2.59. The summed E-state index contributed by atoms with van der Waals surface area (Å²) in [5.41, 5.74) is -0.992. The van der Waals surface area contributed by atoms with Crippen LogP contribution < -0.4 is 0 Å². The first-order chi connectivity index (χ1) is 14.4. The third kappa shape index (κ3) is 2.59. The van der Waals surface area contributed by atoms with E-state index in [1.165, 1.54) is 27.2 Å². The zero-order chi connectivity index (χ0) is 22.4. The number of rotatable bonds is 4. The SMILES string of the molecule is CC(=O)OCC1(C)CCCC2(C)C3CC4C5(OC(C)=O)CC3(CC[C@H]12)CC45OC(C)=O. The van der Waals surface area contributed by atoms with E-state index >= 15 is 0 Å². The van der Waals surface area contributed by atoms with Gasteiger partial charge < -0.3 is 14.2 Å². The summed E-state index contributed by atoms with van der Waals surface area (Å²) in [4.78, 5) is 35.5. The molecule has 4 bridgehead atoms. The molecule has 0 radical (unpaired) electrons. The molecule has 0 aromatic heterocycles. The van der Waals surface area contributed by atoms with E-state index in [0.717, 1.165) is 44.9 Å². The second kappa shape index (κ2) is 6.26. The zero-order valence-corrected chi connectivity index (χ0v) is 19.5. The Labute approximate surface area is 184 Å². The van der Waals surface area contributed by atoms with E-state index < -0.39 is 11.2 Å². The normalized spacial score (nSPS) is 51.2. The molecule has 6 aliphatic rings. The molecule has 0 heterocycles. The van der Waals surface area contributed by atoms with Crippen molar-refractivity contribution < 1.29 is 28.6 Å². The molecule has 0 aliphatic heterocycles. The summed E-state index contributed by atoms with van der Waals surface area (Å²) in [5, 5.41) is 0. The molecule has 6 saturated carbocycles. The number of fused-ring (bicyclic) bond motifs is 1. The molecule has 0 amide bonds.